The normalized spacial score (nSPS) is 11.3. The second-order valence-electron chi connectivity index (χ2n) is 22.1. The molecule has 5 aromatic carbocycles. The van der Waals surface area contributed by atoms with E-state index in [0.29, 0.717) is 65.9 Å². The quantitative estimate of drug-likeness (QED) is 0.00365. The number of halogens is 21. The van der Waals surface area contributed by atoms with Gasteiger partial charge >= 0.3 is 270 Å². The van der Waals surface area contributed by atoms with Gasteiger partial charge in [0.25, 0.3) is 23.1 Å². The van der Waals surface area contributed by atoms with Crippen LogP contribution in [0.25, 0.3) is 0 Å². The predicted molar refractivity (Wildman–Crippen MR) is 416 cm³/mol. The summed E-state index contributed by atoms with van der Waals surface area (Å²) in [5.41, 5.74) is -2.03. The number of benzene rings is 5. The summed E-state index contributed by atoms with van der Waals surface area (Å²) in [6, 6.07) is 4.09. The Labute approximate surface area is 987 Å². The molecule has 0 aliphatic carbocycles. The third-order valence-electron chi connectivity index (χ3n) is 14.2. The summed E-state index contributed by atoms with van der Waals surface area (Å²) < 4.78 is 246. The Hall–Kier alpha value is -3.11. The molecule has 0 spiro atoms. The number of alkyl halides is 1. The monoisotopic (exact) mass is 2320 g/mol. The smallest absolute Gasteiger partial charge is 1.00 e. The van der Waals surface area contributed by atoms with Gasteiger partial charge in [-0.1, -0.05) is 23.4 Å². The van der Waals surface area contributed by atoms with E-state index in [1.54, 1.807) is 33.1 Å². The number of fused-ring (bicyclic) bond motifs is 1. The van der Waals surface area contributed by atoms with Gasteiger partial charge in [0.15, 0.2) is 128 Å². The van der Waals surface area contributed by atoms with Gasteiger partial charge in [-0.25, -0.2) is 90.8 Å². The summed E-state index contributed by atoms with van der Waals surface area (Å²) in [7, 11) is 3.83. The van der Waals surface area contributed by atoms with Crippen molar-refractivity contribution in [2.24, 2.45) is 0 Å². The van der Waals surface area contributed by atoms with E-state index < -0.39 is 169 Å². The SMILES string of the molecule is C.CN1c2nc(Cl)ncc2OCC1c1cc(F)c(F)cc1F.CNc1nc(Cl)ncc1O.CNc1nc(Cl)ncc1OCC(=O)c1cc(F)c(F)cc1F.CNc1nc(Cl)ncc1OCC(O)c1cc(F)c(F)cc1F.CNc1nc(Cl)ncc1OCC(OS(C)(=O)=O)c1cc(F)c(F)cc1F.O=C(CBr)c1cc(F)c(F)cc1F.O=CO[O-].O=CO[O-].[B].[Cs+].[Cs+].[H-].[H-].[H-].[K+].[K+].[Na+]. The Morgan fingerprint density at radius 2 is 0.868 bits per heavy atom. The molecule has 6 heterocycles. The number of Topliss-reactive ketones (excluding diaryl/α,β-unsaturated/α-hetero) is 2. The van der Waals surface area contributed by atoms with Gasteiger partial charge in [0.2, 0.25) is 32.2 Å². The van der Waals surface area contributed by atoms with E-state index in [1.165, 1.54) is 38.0 Å². The number of hydrogen-bond donors (Lipinski definition) is 6. The maximum Gasteiger partial charge on any atom is 1.00 e. The number of hydrogen-bond acceptors (Lipinski definition) is 32. The molecule has 129 heavy (non-hydrogen) atoms. The summed E-state index contributed by atoms with van der Waals surface area (Å²) in [6.07, 6.45) is 3.95. The van der Waals surface area contributed by atoms with Crippen molar-refractivity contribution in [3.8, 4) is 28.7 Å². The number of aromatic hydroxyl groups is 1. The first-order valence-electron chi connectivity index (χ1n) is 32.2. The first-order valence-corrected chi connectivity index (χ1v) is 37.0. The maximum atomic E-state index is 14.0. The molecule has 1 aliphatic rings. The number of aliphatic hydroxyl groups excluding tert-OH is 1. The molecule has 11 rings (SSSR count). The van der Waals surface area contributed by atoms with Crippen LogP contribution in [0.3, 0.4) is 0 Å². The van der Waals surface area contributed by atoms with Crippen molar-refractivity contribution in [2.75, 3.05) is 99.4 Å². The number of ether oxygens (including phenoxy) is 4. The topological polar surface area (TPSA) is 434 Å². The zero-order valence-corrected chi connectivity index (χ0v) is 94.4. The molecule has 6 N–H and O–H groups in total. The minimum Gasteiger partial charge on any atom is -1.00 e. The number of ketones is 2. The van der Waals surface area contributed by atoms with Gasteiger partial charge in [-0.05, 0) is 88.3 Å². The summed E-state index contributed by atoms with van der Waals surface area (Å²) in [5, 5.41) is 46.3. The molecule has 0 saturated carbocycles. The standard InChI is InChI=1S/C14H13ClF3N3O4S.C13H11ClF3N3O2.C13H9ClF3N3O2.C13H9ClF3N3O.C8H4BrF3O.C5H6ClN3O.2CH2O3.CH4.B.2Cs.2K.Na.3H/c1-19-13-11(5-20-14(15)21-13)24-6-12(25-26(2,22)23)7-3-9(17)10(18)4-8(7)16;2*1-18-12-11(4-19-13(14)20-12)22-5-10(21)6-2-8(16)9(17)3-7(6)15;1-20-10(6-2-8(16)9(17)3-7(6)15)5-21-11-4-18-13(14)19-12(11)20;9-3-8(13)4-1-6(11)7(12)2-5(4)10;1-7-4-3(10)2-8-5(6)9-4;2*2-1-4-3;;;;;;;;;;/h3-5,12H,6H2,1-2H3,(H,19,20,21);2-4,10,21H,5H2,1H3,(H,18,19,20);2-4H,5H2,1H3,(H,18,19,20);2-4,10H,5H2,1H3;1-2H,3H2;2,10H,1H3,(H,7,8,9);2*1,3H;1H4;;;;;;;;;/q;;;;;;;;;;5*+1;3*-1/p-2. The third kappa shape index (κ3) is 44.1. The van der Waals surface area contributed by atoms with Crippen LogP contribution in [0.4, 0.5) is 94.9 Å². The van der Waals surface area contributed by atoms with Gasteiger partial charge in [0, 0.05) is 90.7 Å². The van der Waals surface area contributed by atoms with Crippen molar-refractivity contribution in [1.29, 1.82) is 0 Å². The number of likely N-dealkylation sites (N-methyl/N-ethyl adjacent to an activating group) is 1. The molecular weight excluding hydrogens is 2260 g/mol. The molecule has 3 radical (unpaired) electrons. The summed E-state index contributed by atoms with van der Waals surface area (Å²) >= 11 is 30.8. The van der Waals surface area contributed by atoms with E-state index in [4.69, 9.17) is 106 Å². The number of nitrogens with zero attached hydrogens (tertiary/aromatic N) is 11. The van der Waals surface area contributed by atoms with Crippen LogP contribution >= 0.6 is 73.9 Å². The van der Waals surface area contributed by atoms with Crippen LogP contribution in [0.15, 0.2) is 91.6 Å². The molecule has 32 nitrogen and oxygen atoms in total. The first kappa shape index (κ1) is 132. The Bertz CT molecular complexity index is 5460. The Morgan fingerprint density at radius 3 is 1.27 bits per heavy atom. The average Bonchev–Trinajstić information content (AvgIpc) is 0.777. The number of carbonyl (C=O) groups excluding carboxylic acids is 4. The molecule has 3 unspecified atom stereocenters. The van der Waals surface area contributed by atoms with Crippen LogP contribution in [0, 0.1) is 87.3 Å². The molecular formula is C69H61BBrCl5Cs2F15K2N15NaO17S. The predicted octanol–water partition coefficient (Wildman–Crippen LogP) is -2.60. The zero-order chi connectivity index (χ0) is 91.6. The van der Waals surface area contributed by atoms with Crippen LogP contribution in [0.5, 0.6) is 28.7 Å². The third-order valence-corrected chi connectivity index (χ3v) is 16.2. The molecule has 1 aliphatic heterocycles. The van der Waals surface area contributed by atoms with Crippen LogP contribution < -0.4 is 326 Å². The maximum absolute atomic E-state index is 14.0. The van der Waals surface area contributed by atoms with Crippen molar-refractivity contribution in [3.05, 3.63) is 233 Å². The molecule has 675 valence electrons. The summed E-state index contributed by atoms with van der Waals surface area (Å²) in [4.78, 5) is 84.4. The van der Waals surface area contributed by atoms with Gasteiger partial charge in [0.1, 0.15) is 61.1 Å². The van der Waals surface area contributed by atoms with Gasteiger partial charge in [0.05, 0.1) is 59.7 Å². The number of aromatic nitrogens is 10. The van der Waals surface area contributed by atoms with Gasteiger partial charge < -0.3 is 79.9 Å². The van der Waals surface area contributed by atoms with E-state index in [0.717, 1.165) is 12.3 Å². The van der Waals surface area contributed by atoms with Crippen molar-refractivity contribution >= 4 is 146 Å². The van der Waals surface area contributed by atoms with Crippen molar-refractivity contribution in [3.63, 3.8) is 0 Å². The van der Waals surface area contributed by atoms with Crippen molar-refractivity contribution < 1.29 is 421 Å². The first-order chi connectivity index (χ1) is 57.5. The fourth-order valence-corrected chi connectivity index (χ4v) is 10.3. The number of anilines is 5. The van der Waals surface area contributed by atoms with E-state index in [2.05, 4.69) is 96.8 Å². The van der Waals surface area contributed by atoms with E-state index in [9.17, 15) is 89.0 Å². The molecule has 3 atom stereocenters. The molecule has 5 aromatic heterocycles. The molecule has 0 fully saturated rings. The minimum atomic E-state index is -4.07. The molecule has 0 amide bonds. The average molecular weight is 2320 g/mol. The zero-order valence-electron chi connectivity index (χ0n) is 70.4. The molecule has 0 bridgehead atoms. The van der Waals surface area contributed by atoms with Crippen molar-refractivity contribution in [2.45, 2.75) is 25.7 Å². The fraction of sp³-hybridized carbons (Fsp3) is 0.217. The van der Waals surface area contributed by atoms with Gasteiger partial charge in [-0.15, -0.1) is 0 Å². The number of aliphatic hydroxyl groups is 1. The van der Waals surface area contributed by atoms with Crippen LogP contribution in [0.2, 0.25) is 26.4 Å². The van der Waals surface area contributed by atoms with Gasteiger partial charge in [-0.2, -0.15) is 33.3 Å². The Morgan fingerprint density at radius 1 is 0.535 bits per heavy atom. The second-order valence-corrected chi connectivity index (χ2v) is 26.0. The molecule has 60 heteroatoms. The molecule has 0 saturated heterocycles. The largest absolute Gasteiger partial charge is 1.00 e. The number of carbonyl (C=O) groups is 4. The van der Waals surface area contributed by atoms with Gasteiger partial charge in [-0.3, -0.25) is 23.4 Å². The summed E-state index contributed by atoms with van der Waals surface area (Å²) in [5.74, 6) is -17.8. The Kier molecular flexibility index (Phi) is 68.9. The van der Waals surface area contributed by atoms with Crippen LogP contribution in [0.1, 0.15) is 67.4 Å². The van der Waals surface area contributed by atoms with Crippen LogP contribution in [-0.2, 0) is 33.7 Å². The van der Waals surface area contributed by atoms with Crippen LogP contribution in [-0.4, -0.2) is 175 Å². The Balaban J connectivity index is -0.000000280. The van der Waals surface area contributed by atoms with E-state index >= 15 is 0 Å². The number of nitrogens with one attached hydrogen (secondary N) is 4. The number of rotatable bonds is 23. The van der Waals surface area contributed by atoms with E-state index in [1.807, 2.05) is 0 Å². The fourth-order valence-electron chi connectivity index (χ4n) is 8.80. The molecule has 10 aromatic rings. The second kappa shape index (κ2) is 67.2. The summed E-state index contributed by atoms with van der Waals surface area (Å²) in [6.45, 7) is -1.89. The van der Waals surface area contributed by atoms with Crippen molar-refractivity contribution in [1.82, 2.24) is 49.8 Å². The minimum absolute atomic E-state index is 0. The van der Waals surface area contributed by atoms with E-state index in [-0.39, 0.29) is 394 Å².